The lowest BCUT2D eigenvalue weighted by Crippen LogP contribution is -2.09. The van der Waals surface area contributed by atoms with Gasteiger partial charge in [0, 0.05) is 12.2 Å². The van der Waals surface area contributed by atoms with Crippen LogP contribution >= 0.6 is 0 Å². The highest BCUT2D eigenvalue weighted by molar-refractivity contribution is 5.73. The summed E-state index contributed by atoms with van der Waals surface area (Å²) in [5.74, 6) is 1.74. The maximum atomic E-state index is 11.5. The van der Waals surface area contributed by atoms with Crippen molar-refractivity contribution in [3.63, 3.8) is 0 Å². The number of ether oxygens (including phenoxy) is 1. The molecule has 0 aliphatic carbocycles. The maximum Gasteiger partial charge on any atom is 0.353 e. The fraction of sp³-hybridized carbons (Fsp3) is 0.200. The number of rotatable bonds is 9. The van der Waals surface area contributed by atoms with E-state index in [4.69, 9.17) is 4.74 Å². The third-order valence-electron chi connectivity index (χ3n) is 3.92. The first-order chi connectivity index (χ1) is 13.7. The van der Waals surface area contributed by atoms with Crippen LogP contribution in [-0.4, -0.2) is 21.4 Å². The second kappa shape index (κ2) is 9.31. The molecule has 0 saturated heterocycles. The molecule has 2 N–H and O–H groups in total. The number of anilines is 3. The SMILES string of the molecule is CCCCNc1ncnc(Nc2ccc(Oc3ccccc3)cc2)c1[N+](=O)[O-]. The van der Waals surface area contributed by atoms with Crippen molar-refractivity contribution in [1.29, 1.82) is 0 Å². The Balaban J connectivity index is 1.75. The van der Waals surface area contributed by atoms with E-state index in [9.17, 15) is 10.1 Å². The predicted octanol–water partition coefficient (Wildman–Crippen LogP) is 5.13. The number of hydrogen-bond acceptors (Lipinski definition) is 7. The second-order valence-electron chi connectivity index (χ2n) is 6.02. The first kappa shape index (κ1) is 19.1. The van der Waals surface area contributed by atoms with Crippen molar-refractivity contribution in [3.05, 3.63) is 71.0 Å². The van der Waals surface area contributed by atoms with E-state index in [1.54, 1.807) is 24.3 Å². The average molecular weight is 379 g/mol. The highest BCUT2D eigenvalue weighted by Gasteiger charge is 2.22. The van der Waals surface area contributed by atoms with E-state index < -0.39 is 4.92 Å². The quantitative estimate of drug-likeness (QED) is 0.302. The first-order valence-electron chi connectivity index (χ1n) is 9.00. The van der Waals surface area contributed by atoms with Gasteiger partial charge in [0.05, 0.1) is 4.92 Å². The number of para-hydroxylation sites is 1. The van der Waals surface area contributed by atoms with Crippen LogP contribution < -0.4 is 15.4 Å². The summed E-state index contributed by atoms with van der Waals surface area (Å²) in [5.41, 5.74) is 0.477. The Labute approximate surface area is 162 Å². The zero-order valence-electron chi connectivity index (χ0n) is 15.5. The summed E-state index contributed by atoms with van der Waals surface area (Å²) in [4.78, 5) is 19.1. The van der Waals surface area contributed by atoms with Crippen LogP contribution in [0.3, 0.4) is 0 Å². The lowest BCUT2D eigenvalue weighted by Gasteiger charge is -2.10. The van der Waals surface area contributed by atoms with Crippen LogP contribution in [-0.2, 0) is 0 Å². The summed E-state index contributed by atoms with van der Waals surface area (Å²) >= 11 is 0. The van der Waals surface area contributed by atoms with E-state index in [0.717, 1.165) is 18.6 Å². The molecule has 0 saturated carbocycles. The van der Waals surface area contributed by atoms with Crippen molar-refractivity contribution in [3.8, 4) is 11.5 Å². The van der Waals surface area contributed by atoms with Crippen LogP contribution in [0.15, 0.2) is 60.9 Å². The Morgan fingerprint density at radius 3 is 2.36 bits per heavy atom. The van der Waals surface area contributed by atoms with E-state index in [1.807, 2.05) is 37.3 Å². The smallest absolute Gasteiger partial charge is 0.353 e. The summed E-state index contributed by atoms with van der Waals surface area (Å²) in [5, 5.41) is 17.5. The number of nitro groups is 1. The molecular weight excluding hydrogens is 358 g/mol. The van der Waals surface area contributed by atoms with Gasteiger partial charge in [0.2, 0.25) is 11.6 Å². The van der Waals surface area contributed by atoms with Crippen molar-refractivity contribution in [2.75, 3.05) is 17.2 Å². The minimum Gasteiger partial charge on any atom is -0.457 e. The third-order valence-corrected chi connectivity index (χ3v) is 3.92. The molecule has 8 heteroatoms. The van der Waals surface area contributed by atoms with Crippen molar-refractivity contribution < 1.29 is 9.66 Å². The zero-order valence-corrected chi connectivity index (χ0v) is 15.5. The minimum atomic E-state index is -0.483. The molecule has 8 nitrogen and oxygen atoms in total. The number of nitrogens with zero attached hydrogens (tertiary/aromatic N) is 3. The van der Waals surface area contributed by atoms with Crippen LogP contribution in [0.25, 0.3) is 0 Å². The average Bonchev–Trinajstić information content (AvgIpc) is 2.70. The molecule has 0 aliphatic rings. The Kier molecular flexibility index (Phi) is 6.35. The van der Waals surface area contributed by atoms with Crippen LogP contribution in [0.2, 0.25) is 0 Å². The van der Waals surface area contributed by atoms with Crippen LogP contribution in [0.4, 0.5) is 23.0 Å². The van der Waals surface area contributed by atoms with Crippen LogP contribution in [0, 0.1) is 10.1 Å². The summed E-state index contributed by atoms with van der Waals surface area (Å²) in [6.07, 6.45) is 3.18. The van der Waals surface area contributed by atoms with Gasteiger partial charge in [0.25, 0.3) is 0 Å². The van der Waals surface area contributed by atoms with Gasteiger partial charge in [-0.05, 0) is 42.8 Å². The van der Waals surface area contributed by atoms with E-state index in [1.165, 1.54) is 6.33 Å². The van der Waals surface area contributed by atoms with Crippen LogP contribution in [0.5, 0.6) is 11.5 Å². The molecule has 0 aliphatic heterocycles. The second-order valence-corrected chi connectivity index (χ2v) is 6.02. The van der Waals surface area contributed by atoms with E-state index in [-0.39, 0.29) is 17.3 Å². The highest BCUT2D eigenvalue weighted by Crippen LogP contribution is 2.32. The molecule has 0 unspecified atom stereocenters. The van der Waals surface area contributed by atoms with E-state index >= 15 is 0 Å². The third kappa shape index (κ3) is 4.94. The molecule has 2 aromatic carbocycles. The van der Waals surface area contributed by atoms with Gasteiger partial charge in [-0.1, -0.05) is 31.5 Å². The summed E-state index contributed by atoms with van der Waals surface area (Å²) in [6.45, 7) is 2.66. The molecule has 3 rings (SSSR count). The highest BCUT2D eigenvalue weighted by atomic mass is 16.6. The predicted molar refractivity (Wildman–Crippen MR) is 108 cm³/mol. The molecule has 1 heterocycles. The molecular formula is C20H21N5O3. The number of unbranched alkanes of at least 4 members (excludes halogenated alkanes) is 1. The van der Waals surface area contributed by atoms with Gasteiger partial charge in [-0.25, -0.2) is 9.97 Å². The van der Waals surface area contributed by atoms with Gasteiger partial charge >= 0.3 is 5.69 Å². The number of nitrogens with one attached hydrogen (secondary N) is 2. The Hall–Kier alpha value is -3.68. The number of hydrogen-bond donors (Lipinski definition) is 2. The first-order valence-corrected chi connectivity index (χ1v) is 9.00. The normalized spacial score (nSPS) is 10.3. The lowest BCUT2D eigenvalue weighted by molar-refractivity contribution is -0.383. The van der Waals surface area contributed by atoms with Gasteiger partial charge in [0.1, 0.15) is 17.8 Å². The maximum absolute atomic E-state index is 11.5. The van der Waals surface area contributed by atoms with Gasteiger partial charge in [-0.3, -0.25) is 10.1 Å². The van der Waals surface area contributed by atoms with Crippen LogP contribution in [0.1, 0.15) is 19.8 Å². The van der Waals surface area contributed by atoms with Gasteiger partial charge in [0.15, 0.2) is 0 Å². The molecule has 3 aromatic rings. The lowest BCUT2D eigenvalue weighted by atomic mass is 10.3. The number of aromatic nitrogens is 2. The summed E-state index contributed by atoms with van der Waals surface area (Å²) in [6, 6.07) is 16.5. The fourth-order valence-electron chi connectivity index (χ4n) is 2.52. The molecule has 0 atom stereocenters. The topological polar surface area (TPSA) is 102 Å². The molecule has 0 bridgehead atoms. The number of benzene rings is 2. The molecule has 0 spiro atoms. The minimum absolute atomic E-state index is 0.135. The van der Waals surface area contributed by atoms with Crippen molar-refractivity contribution in [1.82, 2.24) is 9.97 Å². The molecule has 0 amide bonds. The van der Waals surface area contributed by atoms with Gasteiger partial charge in [-0.15, -0.1) is 0 Å². The Bertz CT molecular complexity index is 917. The van der Waals surface area contributed by atoms with Crippen molar-refractivity contribution in [2.24, 2.45) is 0 Å². The molecule has 144 valence electrons. The van der Waals surface area contributed by atoms with Gasteiger partial charge in [-0.2, -0.15) is 0 Å². The standard InChI is InChI=1S/C20H21N5O3/c1-2-3-13-21-19-18(25(26)27)20(23-14-22-19)24-15-9-11-17(12-10-15)28-16-7-5-4-6-8-16/h4-12,14H,2-3,13H2,1H3,(H2,21,22,23,24). The van der Waals surface area contributed by atoms with E-state index in [0.29, 0.717) is 18.0 Å². The van der Waals surface area contributed by atoms with E-state index in [2.05, 4.69) is 20.6 Å². The molecule has 0 radical (unpaired) electrons. The van der Waals surface area contributed by atoms with Crippen molar-refractivity contribution >= 4 is 23.0 Å². The zero-order chi connectivity index (χ0) is 19.8. The fourth-order valence-corrected chi connectivity index (χ4v) is 2.52. The van der Waals surface area contributed by atoms with Gasteiger partial charge < -0.3 is 15.4 Å². The largest absolute Gasteiger partial charge is 0.457 e. The molecule has 1 aromatic heterocycles. The van der Waals surface area contributed by atoms with Crippen molar-refractivity contribution in [2.45, 2.75) is 19.8 Å². The Morgan fingerprint density at radius 1 is 1.00 bits per heavy atom. The summed E-state index contributed by atoms with van der Waals surface area (Å²) in [7, 11) is 0. The molecule has 0 fully saturated rings. The monoisotopic (exact) mass is 379 g/mol. The Morgan fingerprint density at radius 2 is 1.68 bits per heavy atom. The molecule has 28 heavy (non-hydrogen) atoms. The summed E-state index contributed by atoms with van der Waals surface area (Å²) < 4.78 is 5.75.